The quantitative estimate of drug-likeness (QED) is 0.775. The van der Waals surface area contributed by atoms with Crippen LogP contribution in [-0.2, 0) is 0 Å². The molecule has 0 aliphatic heterocycles. The summed E-state index contributed by atoms with van der Waals surface area (Å²) in [5.41, 5.74) is 1.95. The van der Waals surface area contributed by atoms with Crippen molar-refractivity contribution in [3.63, 3.8) is 0 Å². The average molecular weight is 371 g/mol. The lowest BCUT2D eigenvalue weighted by Gasteiger charge is -2.20. The molecular formula is C16H17BrClNO2. The molecule has 21 heavy (non-hydrogen) atoms. The highest BCUT2D eigenvalue weighted by Crippen LogP contribution is 2.34. The summed E-state index contributed by atoms with van der Waals surface area (Å²) in [5.74, 6) is 1.61. The molecule has 0 saturated heterocycles. The van der Waals surface area contributed by atoms with E-state index in [1.807, 2.05) is 36.4 Å². The smallest absolute Gasteiger partial charge is 0.124 e. The van der Waals surface area contributed by atoms with Gasteiger partial charge in [-0.15, -0.1) is 0 Å². The number of ether oxygens (including phenoxy) is 2. The van der Waals surface area contributed by atoms with Gasteiger partial charge < -0.3 is 14.8 Å². The van der Waals surface area contributed by atoms with Crippen molar-refractivity contribution >= 4 is 33.2 Å². The number of hydrogen-bond donors (Lipinski definition) is 1. The van der Waals surface area contributed by atoms with Crippen molar-refractivity contribution in [1.82, 2.24) is 0 Å². The van der Waals surface area contributed by atoms with Gasteiger partial charge in [-0.05, 0) is 59.3 Å². The number of hydrogen-bond acceptors (Lipinski definition) is 3. The van der Waals surface area contributed by atoms with Gasteiger partial charge >= 0.3 is 0 Å². The highest BCUT2D eigenvalue weighted by molar-refractivity contribution is 9.10. The number of anilines is 1. The predicted molar refractivity (Wildman–Crippen MR) is 90.7 cm³/mol. The van der Waals surface area contributed by atoms with E-state index in [0.717, 1.165) is 27.2 Å². The lowest BCUT2D eigenvalue weighted by Crippen LogP contribution is -2.09. The second kappa shape index (κ2) is 7.05. The Kier molecular flexibility index (Phi) is 5.37. The van der Waals surface area contributed by atoms with Crippen LogP contribution in [0.2, 0.25) is 5.02 Å². The van der Waals surface area contributed by atoms with E-state index in [2.05, 4.69) is 28.2 Å². The van der Waals surface area contributed by atoms with E-state index >= 15 is 0 Å². The molecule has 2 rings (SSSR count). The van der Waals surface area contributed by atoms with Crippen LogP contribution >= 0.6 is 27.5 Å². The molecule has 112 valence electrons. The minimum atomic E-state index is 0.0322. The third-order valence-corrected chi connectivity index (χ3v) is 4.13. The van der Waals surface area contributed by atoms with Gasteiger partial charge in [-0.1, -0.05) is 11.6 Å². The molecule has 2 aromatic carbocycles. The van der Waals surface area contributed by atoms with Gasteiger partial charge in [-0.2, -0.15) is 0 Å². The minimum absolute atomic E-state index is 0.0322. The van der Waals surface area contributed by atoms with Crippen molar-refractivity contribution in [3.8, 4) is 11.5 Å². The predicted octanol–water partition coefficient (Wildman–Crippen LogP) is 5.29. The monoisotopic (exact) mass is 369 g/mol. The Morgan fingerprint density at radius 2 is 1.86 bits per heavy atom. The van der Waals surface area contributed by atoms with Gasteiger partial charge in [0, 0.05) is 15.1 Å². The number of nitrogens with one attached hydrogen (secondary N) is 1. The van der Waals surface area contributed by atoms with Crippen molar-refractivity contribution in [2.75, 3.05) is 19.5 Å². The van der Waals surface area contributed by atoms with E-state index in [-0.39, 0.29) is 6.04 Å². The van der Waals surface area contributed by atoms with E-state index in [0.29, 0.717) is 5.02 Å². The summed E-state index contributed by atoms with van der Waals surface area (Å²) in [5, 5.41) is 4.11. The van der Waals surface area contributed by atoms with Crippen molar-refractivity contribution in [3.05, 3.63) is 51.5 Å². The molecule has 5 heteroatoms. The Balaban J connectivity index is 2.31. The van der Waals surface area contributed by atoms with E-state index in [9.17, 15) is 0 Å². The summed E-state index contributed by atoms with van der Waals surface area (Å²) in [7, 11) is 3.31. The fourth-order valence-corrected chi connectivity index (χ4v) is 2.63. The normalized spacial score (nSPS) is 11.9. The Bertz CT molecular complexity index is 634. The first-order valence-corrected chi connectivity index (χ1v) is 7.65. The van der Waals surface area contributed by atoms with Crippen LogP contribution in [0.3, 0.4) is 0 Å². The minimum Gasteiger partial charge on any atom is -0.497 e. The van der Waals surface area contributed by atoms with Crippen LogP contribution in [0.25, 0.3) is 0 Å². The first-order valence-electron chi connectivity index (χ1n) is 6.48. The number of benzene rings is 2. The summed E-state index contributed by atoms with van der Waals surface area (Å²) < 4.78 is 11.7. The summed E-state index contributed by atoms with van der Waals surface area (Å²) in [4.78, 5) is 0. The summed E-state index contributed by atoms with van der Waals surface area (Å²) >= 11 is 9.57. The molecule has 0 radical (unpaired) electrons. The Hall–Kier alpha value is -1.39. The second-order valence-corrected chi connectivity index (χ2v) is 5.89. The lowest BCUT2D eigenvalue weighted by atomic mass is 10.1. The van der Waals surface area contributed by atoms with Gasteiger partial charge in [-0.25, -0.2) is 0 Å². The van der Waals surface area contributed by atoms with Crippen LogP contribution in [-0.4, -0.2) is 14.2 Å². The standard InChI is InChI=1S/C16H17BrClNO2/c1-10(19-15-8-11(18)4-6-14(15)17)13-9-12(20-2)5-7-16(13)21-3/h4-10,19H,1-3H3. The lowest BCUT2D eigenvalue weighted by molar-refractivity contribution is 0.397. The van der Waals surface area contributed by atoms with Crippen molar-refractivity contribution in [2.45, 2.75) is 13.0 Å². The molecule has 0 aliphatic carbocycles. The van der Waals surface area contributed by atoms with Crippen molar-refractivity contribution in [1.29, 1.82) is 0 Å². The van der Waals surface area contributed by atoms with Crippen LogP contribution < -0.4 is 14.8 Å². The Labute approximate surface area is 138 Å². The zero-order valence-corrected chi connectivity index (χ0v) is 14.5. The molecule has 0 heterocycles. The molecule has 1 atom stereocenters. The SMILES string of the molecule is COc1ccc(OC)c(C(C)Nc2cc(Cl)ccc2Br)c1. The maximum absolute atomic E-state index is 6.05. The Morgan fingerprint density at radius 3 is 2.52 bits per heavy atom. The highest BCUT2D eigenvalue weighted by Gasteiger charge is 2.14. The second-order valence-electron chi connectivity index (χ2n) is 4.60. The van der Waals surface area contributed by atoms with E-state index < -0.39 is 0 Å². The molecule has 1 unspecified atom stereocenters. The summed E-state index contributed by atoms with van der Waals surface area (Å²) in [6.45, 7) is 2.06. The molecule has 0 spiro atoms. The van der Waals surface area contributed by atoms with Gasteiger partial charge in [0.2, 0.25) is 0 Å². The van der Waals surface area contributed by atoms with Gasteiger partial charge in [0.25, 0.3) is 0 Å². The third-order valence-electron chi connectivity index (χ3n) is 3.20. The van der Waals surface area contributed by atoms with Crippen LogP contribution in [0.15, 0.2) is 40.9 Å². The van der Waals surface area contributed by atoms with E-state index in [4.69, 9.17) is 21.1 Å². The van der Waals surface area contributed by atoms with Gasteiger partial charge in [-0.3, -0.25) is 0 Å². The molecule has 0 bridgehead atoms. The van der Waals surface area contributed by atoms with Gasteiger partial charge in [0.1, 0.15) is 11.5 Å². The topological polar surface area (TPSA) is 30.5 Å². The van der Waals surface area contributed by atoms with Crippen molar-refractivity contribution in [2.24, 2.45) is 0 Å². The molecule has 0 amide bonds. The third kappa shape index (κ3) is 3.83. The van der Waals surface area contributed by atoms with Crippen LogP contribution in [0.1, 0.15) is 18.5 Å². The maximum Gasteiger partial charge on any atom is 0.124 e. The van der Waals surface area contributed by atoms with Gasteiger partial charge in [0.05, 0.1) is 25.9 Å². The molecular weight excluding hydrogens is 354 g/mol. The first kappa shape index (κ1) is 16.0. The zero-order valence-electron chi connectivity index (χ0n) is 12.1. The van der Waals surface area contributed by atoms with Gasteiger partial charge in [0.15, 0.2) is 0 Å². The summed E-state index contributed by atoms with van der Waals surface area (Å²) in [6.07, 6.45) is 0. The largest absolute Gasteiger partial charge is 0.497 e. The number of methoxy groups -OCH3 is 2. The van der Waals surface area contributed by atoms with Crippen LogP contribution in [0, 0.1) is 0 Å². The molecule has 2 aromatic rings. The zero-order chi connectivity index (χ0) is 15.4. The molecule has 1 N–H and O–H groups in total. The van der Waals surface area contributed by atoms with Crippen molar-refractivity contribution < 1.29 is 9.47 Å². The number of halogens is 2. The van der Waals surface area contributed by atoms with Crippen LogP contribution in [0.4, 0.5) is 5.69 Å². The maximum atomic E-state index is 6.05. The van der Waals surface area contributed by atoms with E-state index in [1.165, 1.54) is 0 Å². The molecule has 3 nitrogen and oxygen atoms in total. The van der Waals surface area contributed by atoms with E-state index in [1.54, 1.807) is 14.2 Å². The number of rotatable bonds is 5. The fourth-order valence-electron chi connectivity index (χ4n) is 2.10. The molecule has 0 aliphatic rings. The van der Waals surface area contributed by atoms with Crippen LogP contribution in [0.5, 0.6) is 11.5 Å². The molecule has 0 fully saturated rings. The highest BCUT2D eigenvalue weighted by atomic mass is 79.9. The molecule has 0 saturated carbocycles. The average Bonchev–Trinajstić information content (AvgIpc) is 2.50. The molecule has 0 aromatic heterocycles. The fraction of sp³-hybridized carbons (Fsp3) is 0.250. The first-order chi connectivity index (χ1) is 10.0. The Morgan fingerprint density at radius 1 is 1.10 bits per heavy atom. The summed E-state index contributed by atoms with van der Waals surface area (Å²) in [6, 6.07) is 11.4.